The molecule has 1 aromatic carbocycles. The van der Waals surface area contributed by atoms with Gasteiger partial charge in [0.2, 0.25) is 0 Å². The predicted molar refractivity (Wildman–Crippen MR) is 87.0 cm³/mol. The summed E-state index contributed by atoms with van der Waals surface area (Å²) in [6.45, 7) is 3.64. The molecule has 1 aliphatic heterocycles. The van der Waals surface area contributed by atoms with Gasteiger partial charge in [0.1, 0.15) is 17.1 Å². The number of hydrogen-bond acceptors (Lipinski definition) is 5. The normalized spacial score (nSPS) is 13.6. The number of esters is 1. The monoisotopic (exact) mass is 315 g/mol. The van der Waals surface area contributed by atoms with Crippen LogP contribution in [0.3, 0.4) is 0 Å². The summed E-state index contributed by atoms with van der Waals surface area (Å²) >= 11 is 0. The van der Waals surface area contributed by atoms with E-state index in [0.717, 1.165) is 25.1 Å². The zero-order valence-corrected chi connectivity index (χ0v) is 13.5. The van der Waals surface area contributed by atoms with Gasteiger partial charge < -0.3 is 18.8 Å². The Morgan fingerprint density at radius 2 is 2.22 bits per heavy atom. The lowest BCUT2D eigenvalue weighted by Gasteiger charge is -2.31. The third kappa shape index (κ3) is 3.18. The van der Waals surface area contributed by atoms with E-state index in [0.29, 0.717) is 24.5 Å². The Hall–Kier alpha value is -2.43. The third-order valence-corrected chi connectivity index (χ3v) is 4.08. The second-order valence-electron chi connectivity index (χ2n) is 5.50. The highest BCUT2D eigenvalue weighted by molar-refractivity contribution is 5.90. The quantitative estimate of drug-likeness (QED) is 0.791. The van der Waals surface area contributed by atoms with E-state index in [1.807, 2.05) is 6.07 Å². The molecule has 0 spiro atoms. The number of aryl methyl sites for hydroxylation is 1. The van der Waals surface area contributed by atoms with Crippen molar-refractivity contribution in [2.75, 3.05) is 25.2 Å². The van der Waals surface area contributed by atoms with Gasteiger partial charge in [-0.05, 0) is 49.6 Å². The molecule has 1 aromatic heterocycles. The molecule has 0 amide bonds. The lowest BCUT2D eigenvalue weighted by atomic mass is 10.0. The Labute approximate surface area is 135 Å². The van der Waals surface area contributed by atoms with Gasteiger partial charge in [0.15, 0.2) is 0 Å². The van der Waals surface area contributed by atoms with Gasteiger partial charge in [-0.1, -0.05) is 0 Å². The highest BCUT2D eigenvalue weighted by Gasteiger charge is 2.22. The molecule has 122 valence electrons. The van der Waals surface area contributed by atoms with E-state index < -0.39 is 0 Å². The van der Waals surface area contributed by atoms with Crippen molar-refractivity contribution in [3.8, 4) is 5.75 Å². The van der Waals surface area contributed by atoms with Gasteiger partial charge in [-0.3, -0.25) is 0 Å². The smallest absolute Gasteiger partial charge is 0.341 e. The average Bonchev–Trinajstić information content (AvgIpc) is 3.03. The van der Waals surface area contributed by atoms with Crippen LogP contribution in [0.5, 0.6) is 5.75 Å². The van der Waals surface area contributed by atoms with E-state index in [2.05, 4.69) is 17.0 Å². The molecule has 0 saturated heterocycles. The molecule has 5 heteroatoms. The van der Waals surface area contributed by atoms with Crippen molar-refractivity contribution >= 4 is 11.7 Å². The van der Waals surface area contributed by atoms with Crippen LogP contribution < -0.4 is 9.64 Å². The molecule has 0 bridgehead atoms. The standard InChI is InChI=1S/C18H21NO4/c1-3-22-18(20)15-8-10-23-17(15)12-19-9-4-5-13-11-14(21-2)6-7-16(13)19/h6-8,10-11H,3-5,9,12H2,1-2H3. The summed E-state index contributed by atoms with van der Waals surface area (Å²) in [4.78, 5) is 14.2. The minimum absolute atomic E-state index is 0.330. The summed E-state index contributed by atoms with van der Waals surface area (Å²) in [5, 5.41) is 0. The fourth-order valence-electron chi connectivity index (χ4n) is 2.97. The molecule has 3 rings (SSSR count). The van der Waals surface area contributed by atoms with Crippen LogP contribution in [0.4, 0.5) is 5.69 Å². The maximum Gasteiger partial charge on any atom is 0.341 e. The molecule has 0 fully saturated rings. The fourth-order valence-corrected chi connectivity index (χ4v) is 2.97. The largest absolute Gasteiger partial charge is 0.497 e. The van der Waals surface area contributed by atoms with Crippen molar-refractivity contribution in [2.24, 2.45) is 0 Å². The van der Waals surface area contributed by atoms with E-state index in [1.54, 1.807) is 26.4 Å². The Bertz CT molecular complexity index is 692. The second-order valence-corrected chi connectivity index (χ2v) is 5.50. The number of benzene rings is 1. The summed E-state index contributed by atoms with van der Waals surface area (Å²) in [6.07, 6.45) is 3.64. The minimum Gasteiger partial charge on any atom is -0.497 e. The van der Waals surface area contributed by atoms with Crippen LogP contribution in [0.2, 0.25) is 0 Å². The van der Waals surface area contributed by atoms with Crippen LogP contribution in [0, 0.1) is 0 Å². The Morgan fingerprint density at radius 3 is 3.00 bits per heavy atom. The van der Waals surface area contributed by atoms with Crippen molar-refractivity contribution < 1.29 is 18.7 Å². The Balaban J connectivity index is 1.83. The van der Waals surface area contributed by atoms with Gasteiger partial charge in [-0.2, -0.15) is 0 Å². The Morgan fingerprint density at radius 1 is 1.35 bits per heavy atom. The first kappa shape index (κ1) is 15.5. The Kier molecular flexibility index (Phi) is 4.55. The molecule has 0 radical (unpaired) electrons. The number of carbonyl (C=O) groups excluding carboxylic acids is 1. The van der Waals surface area contributed by atoms with E-state index in [1.165, 1.54) is 11.3 Å². The van der Waals surface area contributed by atoms with Crippen molar-refractivity contribution in [3.05, 3.63) is 47.4 Å². The fraction of sp³-hybridized carbons (Fsp3) is 0.389. The van der Waals surface area contributed by atoms with Crippen LogP contribution in [-0.2, 0) is 17.7 Å². The molecule has 0 N–H and O–H groups in total. The summed E-state index contributed by atoms with van der Waals surface area (Å²) < 4.78 is 15.9. The lowest BCUT2D eigenvalue weighted by Crippen LogP contribution is -2.29. The molecule has 0 unspecified atom stereocenters. The molecule has 1 aliphatic rings. The van der Waals surface area contributed by atoms with Gasteiger partial charge in [0.25, 0.3) is 0 Å². The van der Waals surface area contributed by atoms with Gasteiger partial charge in [-0.15, -0.1) is 0 Å². The van der Waals surface area contributed by atoms with Crippen LogP contribution >= 0.6 is 0 Å². The predicted octanol–water partition coefficient (Wildman–Crippen LogP) is 3.42. The number of methoxy groups -OCH3 is 1. The van der Waals surface area contributed by atoms with E-state index in [4.69, 9.17) is 13.9 Å². The van der Waals surface area contributed by atoms with Gasteiger partial charge in [0, 0.05) is 12.2 Å². The number of rotatable bonds is 5. The topological polar surface area (TPSA) is 51.9 Å². The minimum atomic E-state index is -0.330. The van der Waals surface area contributed by atoms with Crippen molar-refractivity contribution in [1.82, 2.24) is 0 Å². The van der Waals surface area contributed by atoms with Gasteiger partial charge in [0.05, 0.1) is 26.5 Å². The highest BCUT2D eigenvalue weighted by Crippen LogP contribution is 2.32. The van der Waals surface area contributed by atoms with Crippen LogP contribution in [-0.4, -0.2) is 26.2 Å². The first-order chi connectivity index (χ1) is 11.2. The molecule has 2 aromatic rings. The number of carbonyl (C=O) groups is 1. The average molecular weight is 315 g/mol. The number of fused-ring (bicyclic) bond motifs is 1. The number of hydrogen-bond donors (Lipinski definition) is 0. The molecule has 0 aliphatic carbocycles. The summed E-state index contributed by atoms with van der Waals surface area (Å²) in [7, 11) is 1.68. The first-order valence-electron chi connectivity index (χ1n) is 7.88. The van der Waals surface area contributed by atoms with E-state index in [-0.39, 0.29) is 5.97 Å². The SMILES string of the molecule is CCOC(=O)c1ccoc1CN1CCCc2cc(OC)ccc21. The maximum atomic E-state index is 12.0. The zero-order chi connectivity index (χ0) is 16.2. The van der Waals surface area contributed by atoms with Crippen LogP contribution in [0.25, 0.3) is 0 Å². The lowest BCUT2D eigenvalue weighted by molar-refractivity contribution is 0.0524. The molecule has 2 heterocycles. The molecule has 0 saturated carbocycles. The van der Waals surface area contributed by atoms with E-state index >= 15 is 0 Å². The summed E-state index contributed by atoms with van der Waals surface area (Å²) in [6, 6.07) is 7.79. The number of nitrogens with zero attached hydrogens (tertiary/aromatic N) is 1. The molecular formula is C18H21NO4. The molecule has 5 nitrogen and oxygen atoms in total. The zero-order valence-electron chi connectivity index (χ0n) is 13.5. The molecular weight excluding hydrogens is 294 g/mol. The number of furan rings is 1. The first-order valence-corrected chi connectivity index (χ1v) is 7.88. The van der Waals surface area contributed by atoms with Crippen LogP contribution in [0.1, 0.15) is 35.0 Å². The third-order valence-electron chi connectivity index (χ3n) is 4.08. The van der Waals surface area contributed by atoms with E-state index in [9.17, 15) is 4.79 Å². The van der Waals surface area contributed by atoms with Gasteiger partial charge >= 0.3 is 5.97 Å². The molecule has 0 atom stereocenters. The van der Waals surface area contributed by atoms with Crippen molar-refractivity contribution in [1.29, 1.82) is 0 Å². The van der Waals surface area contributed by atoms with Crippen molar-refractivity contribution in [3.63, 3.8) is 0 Å². The number of ether oxygens (including phenoxy) is 2. The second kappa shape index (κ2) is 6.77. The summed E-state index contributed by atoms with van der Waals surface area (Å²) in [5.74, 6) is 1.19. The number of anilines is 1. The highest BCUT2D eigenvalue weighted by atomic mass is 16.5. The molecule has 23 heavy (non-hydrogen) atoms. The summed E-state index contributed by atoms with van der Waals surface area (Å²) in [5.41, 5.74) is 2.94. The van der Waals surface area contributed by atoms with Crippen LogP contribution in [0.15, 0.2) is 34.9 Å². The van der Waals surface area contributed by atoms with Gasteiger partial charge in [-0.25, -0.2) is 4.79 Å². The maximum absolute atomic E-state index is 12.0. The van der Waals surface area contributed by atoms with Crippen molar-refractivity contribution in [2.45, 2.75) is 26.3 Å².